The van der Waals surface area contributed by atoms with E-state index in [2.05, 4.69) is 47.8 Å². The number of carbonyl (C=O) groups is 1. The Balaban J connectivity index is 1.56. The van der Waals surface area contributed by atoms with Crippen molar-refractivity contribution in [3.8, 4) is 11.1 Å². The van der Waals surface area contributed by atoms with Crippen molar-refractivity contribution in [2.75, 3.05) is 6.54 Å². The van der Waals surface area contributed by atoms with E-state index in [9.17, 15) is 4.79 Å². The summed E-state index contributed by atoms with van der Waals surface area (Å²) in [6.07, 6.45) is 0.637. The summed E-state index contributed by atoms with van der Waals surface area (Å²) >= 11 is 1.77. The summed E-state index contributed by atoms with van der Waals surface area (Å²) in [5.74, 6) is 0. The molecule has 0 atom stereocenters. The lowest BCUT2D eigenvalue weighted by molar-refractivity contribution is 0.0224. The summed E-state index contributed by atoms with van der Waals surface area (Å²) in [6, 6.07) is 15.4. The lowest BCUT2D eigenvalue weighted by atomic mass is 9.94. The second-order valence-electron chi connectivity index (χ2n) is 7.81. The number of hydrogen-bond acceptors (Lipinski definition) is 3. The minimum Gasteiger partial charge on any atom is -0.444 e. The van der Waals surface area contributed by atoms with Crippen molar-refractivity contribution in [2.24, 2.45) is 0 Å². The first-order chi connectivity index (χ1) is 12.4. The molecule has 3 aromatic rings. The van der Waals surface area contributed by atoms with Gasteiger partial charge in [0.15, 0.2) is 0 Å². The quantitative estimate of drug-likeness (QED) is 0.540. The van der Waals surface area contributed by atoms with Crippen molar-refractivity contribution in [1.29, 1.82) is 0 Å². The van der Waals surface area contributed by atoms with Crippen LogP contribution in [0.3, 0.4) is 0 Å². The van der Waals surface area contributed by atoms with Crippen LogP contribution in [0.4, 0.5) is 4.79 Å². The summed E-state index contributed by atoms with van der Waals surface area (Å²) in [6.45, 7) is 7.03. The van der Waals surface area contributed by atoms with Gasteiger partial charge in [0.05, 0.1) is 0 Å². The standard InChI is InChI=1S/C22H23NO2S/c1-22(2,3)25-21(24)23-10-8-17-12-15(4-5-19(17)14-23)16-6-7-20-18(13-16)9-11-26-20/h4-7,9,11-13H,8,10,14H2,1-3H3. The van der Waals surface area contributed by atoms with Crippen LogP contribution in [-0.2, 0) is 17.7 Å². The largest absolute Gasteiger partial charge is 0.444 e. The molecule has 2 heterocycles. The summed E-state index contributed by atoms with van der Waals surface area (Å²) < 4.78 is 6.83. The molecule has 1 aliphatic heterocycles. The summed E-state index contributed by atoms with van der Waals surface area (Å²) in [5.41, 5.74) is 4.56. The number of rotatable bonds is 1. The van der Waals surface area contributed by atoms with Crippen molar-refractivity contribution in [2.45, 2.75) is 39.3 Å². The highest BCUT2D eigenvalue weighted by atomic mass is 32.1. The van der Waals surface area contributed by atoms with E-state index in [1.54, 1.807) is 16.2 Å². The Morgan fingerprint density at radius 1 is 1.04 bits per heavy atom. The van der Waals surface area contributed by atoms with E-state index in [4.69, 9.17) is 4.74 Å². The van der Waals surface area contributed by atoms with Gasteiger partial charge in [0, 0.05) is 17.8 Å². The summed E-state index contributed by atoms with van der Waals surface area (Å²) in [5, 5.41) is 3.42. The van der Waals surface area contributed by atoms with Crippen molar-refractivity contribution in [3.05, 3.63) is 59.0 Å². The third-order valence-corrected chi connectivity index (χ3v) is 5.55. The number of amides is 1. The van der Waals surface area contributed by atoms with Gasteiger partial charge in [0.2, 0.25) is 0 Å². The molecule has 0 radical (unpaired) electrons. The number of hydrogen-bond donors (Lipinski definition) is 0. The summed E-state index contributed by atoms with van der Waals surface area (Å²) in [7, 11) is 0. The molecule has 4 rings (SSSR count). The van der Waals surface area contributed by atoms with Crippen LogP contribution in [0.15, 0.2) is 47.8 Å². The molecule has 1 aliphatic rings. The van der Waals surface area contributed by atoms with Gasteiger partial charge in [-0.15, -0.1) is 11.3 Å². The predicted octanol–water partition coefficient (Wildman–Crippen LogP) is 5.86. The molecular formula is C22H23NO2S. The highest BCUT2D eigenvalue weighted by Crippen LogP contribution is 2.30. The average molecular weight is 365 g/mol. The molecule has 0 fully saturated rings. The maximum Gasteiger partial charge on any atom is 0.410 e. The predicted molar refractivity (Wildman–Crippen MR) is 108 cm³/mol. The smallest absolute Gasteiger partial charge is 0.410 e. The number of ether oxygens (including phenoxy) is 1. The molecule has 0 N–H and O–H groups in total. The molecule has 3 nitrogen and oxygen atoms in total. The monoisotopic (exact) mass is 365 g/mol. The fourth-order valence-electron chi connectivity index (χ4n) is 3.36. The molecule has 0 bridgehead atoms. The first-order valence-corrected chi connectivity index (χ1v) is 9.84. The van der Waals surface area contributed by atoms with Gasteiger partial charge < -0.3 is 9.64 Å². The molecule has 4 heteroatoms. The van der Waals surface area contributed by atoms with Gasteiger partial charge in [-0.1, -0.05) is 24.3 Å². The molecule has 0 spiro atoms. The molecule has 0 aliphatic carbocycles. The van der Waals surface area contributed by atoms with E-state index in [1.165, 1.54) is 32.3 Å². The highest BCUT2D eigenvalue weighted by molar-refractivity contribution is 7.17. The average Bonchev–Trinajstić information content (AvgIpc) is 3.07. The number of carbonyl (C=O) groups excluding carboxylic acids is 1. The van der Waals surface area contributed by atoms with Crippen LogP contribution in [0.1, 0.15) is 31.9 Å². The number of thiophene rings is 1. The molecule has 134 valence electrons. The normalized spacial score (nSPS) is 14.3. The molecule has 0 unspecified atom stereocenters. The highest BCUT2D eigenvalue weighted by Gasteiger charge is 2.25. The Hall–Kier alpha value is -2.33. The third-order valence-electron chi connectivity index (χ3n) is 4.66. The fraction of sp³-hybridized carbons (Fsp3) is 0.318. The maximum absolute atomic E-state index is 12.3. The Morgan fingerprint density at radius 2 is 1.81 bits per heavy atom. The number of benzene rings is 2. The van der Waals surface area contributed by atoms with Crippen LogP contribution < -0.4 is 0 Å². The van der Waals surface area contributed by atoms with Gasteiger partial charge >= 0.3 is 6.09 Å². The Kier molecular flexibility index (Phi) is 4.23. The fourth-order valence-corrected chi connectivity index (χ4v) is 4.13. The van der Waals surface area contributed by atoms with Crippen LogP contribution in [0.5, 0.6) is 0 Å². The van der Waals surface area contributed by atoms with E-state index in [1.807, 2.05) is 20.8 Å². The zero-order chi connectivity index (χ0) is 18.3. The SMILES string of the molecule is CC(C)(C)OC(=O)N1CCc2cc(-c3ccc4sccc4c3)ccc2C1. The van der Waals surface area contributed by atoms with Crippen molar-refractivity contribution < 1.29 is 9.53 Å². The lowest BCUT2D eigenvalue weighted by Gasteiger charge is -2.31. The number of nitrogens with zero attached hydrogens (tertiary/aromatic N) is 1. The van der Waals surface area contributed by atoms with E-state index in [-0.39, 0.29) is 6.09 Å². The molecule has 2 aromatic carbocycles. The zero-order valence-corrected chi connectivity index (χ0v) is 16.2. The van der Waals surface area contributed by atoms with Gasteiger partial charge in [-0.05, 0) is 78.4 Å². The van der Waals surface area contributed by atoms with E-state index < -0.39 is 5.60 Å². The first kappa shape index (κ1) is 17.1. The first-order valence-electron chi connectivity index (χ1n) is 8.96. The van der Waals surface area contributed by atoms with Crippen molar-refractivity contribution in [1.82, 2.24) is 4.90 Å². The van der Waals surface area contributed by atoms with Gasteiger partial charge in [0.1, 0.15) is 5.60 Å². The van der Waals surface area contributed by atoms with Crippen LogP contribution in [0.25, 0.3) is 21.2 Å². The lowest BCUT2D eigenvalue weighted by Crippen LogP contribution is -2.39. The van der Waals surface area contributed by atoms with Gasteiger partial charge in [-0.3, -0.25) is 0 Å². The molecule has 0 saturated heterocycles. The Morgan fingerprint density at radius 3 is 2.62 bits per heavy atom. The third kappa shape index (κ3) is 3.47. The topological polar surface area (TPSA) is 29.5 Å². The second kappa shape index (κ2) is 6.44. The van der Waals surface area contributed by atoms with Gasteiger partial charge in [0.25, 0.3) is 0 Å². The zero-order valence-electron chi connectivity index (χ0n) is 15.4. The minimum atomic E-state index is -0.457. The van der Waals surface area contributed by atoms with E-state index in [0.29, 0.717) is 13.1 Å². The molecular weight excluding hydrogens is 342 g/mol. The van der Waals surface area contributed by atoms with E-state index in [0.717, 1.165) is 6.42 Å². The van der Waals surface area contributed by atoms with E-state index >= 15 is 0 Å². The Labute approximate surface area is 158 Å². The molecule has 1 amide bonds. The second-order valence-corrected chi connectivity index (χ2v) is 8.76. The molecule has 26 heavy (non-hydrogen) atoms. The minimum absolute atomic E-state index is 0.227. The van der Waals surface area contributed by atoms with Crippen LogP contribution >= 0.6 is 11.3 Å². The van der Waals surface area contributed by atoms with Gasteiger partial charge in [-0.2, -0.15) is 0 Å². The van der Waals surface area contributed by atoms with Crippen molar-refractivity contribution in [3.63, 3.8) is 0 Å². The van der Waals surface area contributed by atoms with Gasteiger partial charge in [-0.25, -0.2) is 4.79 Å². The molecule has 1 aromatic heterocycles. The van der Waals surface area contributed by atoms with Crippen LogP contribution in [0, 0.1) is 0 Å². The Bertz CT molecular complexity index is 968. The molecule has 0 saturated carbocycles. The maximum atomic E-state index is 12.3. The van der Waals surface area contributed by atoms with Crippen LogP contribution in [0.2, 0.25) is 0 Å². The number of fused-ring (bicyclic) bond motifs is 2. The summed E-state index contributed by atoms with van der Waals surface area (Å²) in [4.78, 5) is 14.1. The van der Waals surface area contributed by atoms with Crippen LogP contribution in [-0.4, -0.2) is 23.1 Å². The van der Waals surface area contributed by atoms with Crippen molar-refractivity contribution >= 4 is 27.5 Å².